The molecule has 1 aliphatic rings. The van der Waals surface area contributed by atoms with Crippen molar-refractivity contribution in [3.8, 4) is 5.75 Å². The minimum atomic E-state index is -0.883. The normalized spacial score (nSPS) is 17.4. The van der Waals surface area contributed by atoms with E-state index >= 15 is 0 Å². The SMILES string of the molecule is O=C(NC1CCCN(c2ccccc2F)C1=O)c1ccc(O)cc1F. The third-order valence-corrected chi connectivity index (χ3v) is 4.08. The highest BCUT2D eigenvalue weighted by molar-refractivity contribution is 6.03. The van der Waals surface area contributed by atoms with Crippen molar-refractivity contribution in [3.05, 3.63) is 59.7 Å². The molecule has 1 atom stereocenters. The molecule has 1 saturated heterocycles. The van der Waals surface area contributed by atoms with Gasteiger partial charge in [0.25, 0.3) is 5.91 Å². The molecule has 2 aromatic rings. The maximum Gasteiger partial charge on any atom is 0.254 e. The highest BCUT2D eigenvalue weighted by Gasteiger charge is 2.32. The second kappa shape index (κ2) is 6.88. The predicted octanol–water partition coefficient (Wildman–Crippen LogP) is 2.60. The number of carbonyl (C=O) groups is 2. The fourth-order valence-electron chi connectivity index (χ4n) is 2.84. The molecule has 0 radical (unpaired) electrons. The number of hydrogen-bond acceptors (Lipinski definition) is 3. The molecule has 2 aromatic carbocycles. The van der Waals surface area contributed by atoms with E-state index in [1.807, 2.05) is 0 Å². The number of phenolic OH excluding ortho intramolecular Hbond substituents is 1. The molecule has 0 spiro atoms. The first-order valence-electron chi connectivity index (χ1n) is 7.82. The van der Waals surface area contributed by atoms with Crippen LogP contribution in [0.2, 0.25) is 0 Å². The molecule has 1 aliphatic heterocycles. The molecular formula is C18H16F2N2O3. The zero-order chi connectivity index (χ0) is 18.0. The first-order valence-corrected chi connectivity index (χ1v) is 7.82. The van der Waals surface area contributed by atoms with Gasteiger partial charge in [0, 0.05) is 12.6 Å². The zero-order valence-corrected chi connectivity index (χ0v) is 13.2. The van der Waals surface area contributed by atoms with E-state index in [9.17, 15) is 23.5 Å². The van der Waals surface area contributed by atoms with Crippen LogP contribution in [0.1, 0.15) is 23.2 Å². The summed E-state index contributed by atoms with van der Waals surface area (Å²) < 4.78 is 27.7. The van der Waals surface area contributed by atoms with Crippen LogP contribution in [0.5, 0.6) is 5.75 Å². The van der Waals surface area contributed by atoms with E-state index in [0.29, 0.717) is 19.4 Å². The Morgan fingerprint density at radius 3 is 2.64 bits per heavy atom. The van der Waals surface area contributed by atoms with Crippen molar-refractivity contribution in [1.82, 2.24) is 5.32 Å². The van der Waals surface area contributed by atoms with Gasteiger partial charge in [-0.1, -0.05) is 12.1 Å². The van der Waals surface area contributed by atoms with Crippen LogP contribution in [0.15, 0.2) is 42.5 Å². The zero-order valence-electron chi connectivity index (χ0n) is 13.2. The molecule has 0 saturated carbocycles. The van der Waals surface area contributed by atoms with Gasteiger partial charge in [0.1, 0.15) is 23.4 Å². The van der Waals surface area contributed by atoms with Crippen molar-refractivity contribution in [2.75, 3.05) is 11.4 Å². The fraction of sp³-hybridized carbons (Fsp3) is 0.222. The molecule has 1 fully saturated rings. The average molecular weight is 346 g/mol. The molecule has 130 valence electrons. The van der Waals surface area contributed by atoms with Crippen molar-refractivity contribution < 1.29 is 23.5 Å². The van der Waals surface area contributed by atoms with Crippen LogP contribution >= 0.6 is 0 Å². The fourth-order valence-corrected chi connectivity index (χ4v) is 2.84. The summed E-state index contributed by atoms with van der Waals surface area (Å²) in [7, 11) is 0. The largest absolute Gasteiger partial charge is 0.508 e. The standard InChI is InChI=1S/C18H16F2N2O3/c19-13-4-1-2-6-16(13)22-9-3-5-15(18(22)25)21-17(24)12-8-7-11(23)10-14(12)20/h1-2,4,6-8,10,15,23H,3,5,9H2,(H,21,24). The van der Waals surface area contributed by atoms with E-state index in [4.69, 9.17) is 0 Å². The Labute approximate surface area is 142 Å². The van der Waals surface area contributed by atoms with Gasteiger partial charge in [-0.05, 0) is 37.1 Å². The number of nitrogens with zero attached hydrogens (tertiary/aromatic N) is 1. The van der Waals surface area contributed by atoms with Crippen LogP contribution < -0.4 is 10.2 Å². The molecule has 3 rings (SSSR count). The number of rotatable bonds is 3. The van der Waals surface area contributed by atoms with Crippen molar-refractivity contribution in [3.63, 3.8) is 0 Å². The van der Waals surface area contributed by atoms with Gasteiger partial charge in [0.15, 0.2) is 0 Å². The van der Waals surface area contributed by atoms with E-state index in [1.54, 1.807) is 6.07 Å². The molecule has 7 heteroatoms. The summed E-state index contributed by atoms with van der Waals surface area (Å²) in [5, 5.41) is 11.7. The van der Waals surface area contributed by atoms with Crippen molar-refractivity contribution in [1.29, 1.82) is 0 Å². The van der Waals surface area contributed by atoms with Gasteiger partial charge in [-0.25, -0.2) is 8.78 Å². The summed E-state index contributed by atoms with van der Waals surface area (Å²) in [6, 6.07) is 8.19. The number of nitrogens with one attached hydrogen (secondary N) is 1. The lowest BCUT2D eigenvalue weighted by Gasteiger charge is -2.32. The van der Waals surface area contributed by atoms with Crippen LogP contribution in [0, 0.1) is 11.6 Å². The number of anilines is 1. The van der Waals surface area contributed by atoms with Crippen LogP contribution in [0.3, 0.4) is 0 Å². The molecule has 0 bridgehead atoms. The molecule has 0 aliphatic carbocycles. The maximum atomic E-state index is 13.9. The molecule has 2 N–H and O–H groups in total. The van der Waals surface area contributed by atoms with Crippen LogP contribution in [0.4, 0.5) is 14.5 Å². The van der Waals surface area contributed by atoms with Gasteiger partial charge in [0.2, 0.25) is 5.91 Å². The first kappa shape index (κ1) is 16.9. The summed E-state index contributed by atoms with van der Waals surface area (Å²) in [4.78, 5) is 26.1. The Kier molecular flexibility index (Phi) is 4.65. The molecule has 5 nitrogen and oxygen atoms in total. The van der Waals surface area contributed by atoms with E-state index in [2.05, 4.69) is 5.32 Å². The quantitative estimate of drug-likeness (QED) is 0.898. The number of halogens is 2. The minimum absolute atomic E-state index is 0.155. The number of carbonyl (C=O) groups excluding carboxylic acids is 2. The van der Waals surface area contributed by atoms with Gasteiger partial charge >= 0.3 is 0 Å². The smallest absolute Gasteiger partial charge is 0.254 e. The lowest BCUT2D eigenvalue weighted by molar-refractivity contribution is -0.121. The maximum absolute atomic E-state index is 13.9. The highest BCUT2D eigenvalue weighted by Crippen LogP contribution is 2.24. The Morgan fingerprint density at radius 1 is 1.16 bits per heavy atom. The van der Waals surface area contributed by atoms with E-state index in [0.717, 1.165) is 12.1 Å². The Balaban J connectivity index is 1.77. The predicted molar refractivity (Wildman–Crippen MR) is 87.3 cm³/mol. The molecule has 1 heterocycles. The van der Waals surface area contributed by atoms with E-state index in [-0.39, 0.29) is 17.0 Å². The topological polar surface area (TPSA) is 69.6 Å². The lowest BCUT2D eigenvalue weighted by Crippen LogP contribution is -2.52. The molecular weight excluding hydrogens is 330 g/mol. The number of aromatic hydroxyl groups is 1. The number of piperidine rings is 1. The second-order valence-electron chi connectivity index (χ2n) is 5.77. The summed E-state index contributed by atoms with van der Waals surface area (Å²) in [5.74, 6) is -2.90. The first-order chi connectivity index (χ1) is 12.0. The molecule has 1 unspecified atom stereocenters. The monoisotopic (exact) mass is 346 g/mol. The van der Waals surface area contributed by atoms with Crippen LogP contribution in [-0.2, 0) is 4.79 Å². The van der Waals surface area contributed by atoms with Crippen molar-refractivity contribution >= 4 is 17.5 Å². The van der Waals surface area contributed by atoms with E-state index < -0.39 is 29.5 Å². The number of para-hydroxylation sites is 1. The lowest BCUT2D eigenvalue weighted by atomic mass is 10.0. The number of phenols is 1. The highest BCUT2D eigenvalue weighted by atomic mass is 19.1. The number of benzene rings is 2. The van der Waals surface area contributed by atoms with Gasteiger partial charge in [-0.3, -0.25) is 9.59 Å². The Bertz CT molecular complexity index is 826. The van der Waals surface area contributed by atoms with Crippen LogP contribution in [-0.4, -0.2) is 29.5 Å². The third-order valence-electron chi connectivity index (χ3n) is 4.08. The molecule has 0 aromatic heterocycles. The summed E-state index contributed by atoms with van der Waals surface area (Å²) in [5.41, 5.74) is -0.115. The minimum Gasteiger partial charge on any atom is -0.508 e. The van der Waals surface area contributed by atoms with Gasteiger partial charge in [-0.2, -0.15) is 0 Å². The Morgan fingerprint density at radius 2 is 1.92 bits per heavy atom. The number of amides is 2. The van der Waals surface area contributed by atoms with E-state index in [1.165, 1.54) is 29.2 Å². The number of hydrogen-bond donors (Lipinski definition) is 2. The third kappa shape index (κ3) is 3.45. The summed E-state index contributed by atoms with van der Waals surface area (Å²) in [6.07, 6.45) is 0.957. The van der Waals surface area contributed by atoms with Crippen molar-refractivity contribution in [2.24, 2.45) is 0 Å². The Hall–Kier alpha value is -2.96. The molecule has 2 amide bonds. The molecule has 25 heavy (non-hydrogen) atoms. The van der Waals surface area contributed by atoms with Crippen LogP contribution in [0.25, 0.3) is 0 Å². The van der Waals surface area contributed by atoms with Gasteiger partial charge in [-0.15, -0.1) is 0 Å². The van der Waals surface area contributed by atoms with Gasteiger partial charge < -0.3 is 15.3 Å². The average Bonchev–Trinajstić information content (AvgIpc) is 2.57. The summed E-state index contributed by atoms with van der Waals surface area (Å²) >= 11 is 0. The summed E-state index contributed by atoms with van der Waals surface area (Å²) in [6.45, 7) is 0.347. The van der Waals surface area contributed by atoms with Gasteiger partial charge in [0.05, 0.1) is 11.3 Å². The van der Waals surface area contributed by atoms with Crippen molar-refractivity contribution in [2.45, 2.75) is 18.9 Å². The second-order valence-corrected chi connectivity index (χ2v) is 5.77.